The molecular formula is C26H28ClF3N2O5S. The van der Waals surface area contributed by atoms with Crippen molar-refractivity contribution in [2.24, 2.45) is 0 Å². The summed E-state index contributed by atoms with van der Waals surface area (Å²) in [6, 6.07) is 5.21. The van der Waals surface area contributed by atoms with Crippen LogP contribution in [0.3, 0.4) is 0 Å². The van der Waals surface area contributed by atoms with E-state index in [0.29, 0.717) is 38.1 Å². The highest BCUT2D eigenvalue weighted by atomic mass is 35.5. The van der Waals surface area contributed by atoms with Gasteiger partial charge in [0.05, 0.1) is 27.9 Å². The van der Waals surface area contributed by atoms with Crippen LogP contribution in [0.25, 0.3) is 0 Å². The molecule has 0 spiro atoms. The number of carbonyl (C=O) groups excluding carboxylic acids is 1. The lowest BCUT2D eigenvalue weighted by molar-refractivity contribution is -0.141. The highest BCUT2D eigenvalue weighted by molar-refractivity contribution is 7.92. The van der Waals surface area contributed by atoms with Crippen molar-refractivity contribution >= 4 is 33.0 Å². The van der Waals surface area contributed by atoms with E-state index in [1.54, 1.807) is 0 Å². The van der Waals surface area contributed by atoms with Gasteiger partial charge in [0.2, 0.25) is 0 Å². The maximum Gasteiger partial charge on any atom is 0.255 e. The number of piperidine rings is 1. The lowest BCUT2D eigenvalue weighted by Gasteiger charge is -2.39. The molecule has 0 aromatic heterocycles. The van der Waals surface area contributed by atoms with Crippen molar-refractivity contribution in [3.05, 3.63) is 58.4 Å². The number of rotatable bonds is 6. The normalized spacial score (nSPS) is 27.0. The standard InChI is InChI=1S/C26H28ClF3N2O5S/c1-26(2)36-13-18(37-26)12-32-16-4-5-17(32)11-19(10-16)38(34,35)23-7-14(3-6-20(23)27)25(33)31-15-8-21(28)24(30)22(29)9-15/h3,6-9,16-19H,4-5,10-13H2,1-2H3,(H,31,33)/t16-,17?,18-,19-/m0/s1. The topological polar surface area (TPSA) is 84.9 Å². The van der Waals surface area contributed by atoms with Gasteiger partial charge in [-0.3, -0.25) is 9.69 Å². The Morgan fingerprint density at radius 3 is 2.32 bits per heavy atom. The summed E-state index contributed by atoms with van der Waals surface area (Å²) in [5.41, 5.74) is -0.380. The summed E-state index contributed by atoms with van der Waals surface area (Å²) in [5, 5.41) is 1.57. The zero-order chi connectivity index (χ0) is 27.4. The monoisotopic (exact) mass is 572 g/mol. The van der Waals surface area contributed by atoms with Crippen LogP contribution >= 0.6 is 11.6 Å². The van der Waals surface area contributed by atoms with Crippen LogP contribution in [0.4, 0.5) is 18.9 Å². The summed E-state index contributed by atoms with van der Waals surface area (Å²) < 4.78 is 79.3. The van der Waals surface area contributed by atoms with E-state index in [9.17, 15) is 26.4 Å². The number of hydrogen-bond acceptors (Lipinski definition) is 6. The van der Waals surface area contributed by atoms with Crippen molar-refractivity contribution in [2.75, 3.05) is 18.5 Å². The van der Waals surface area contributed by atoms with E-state index in [-0.39, 0.29) is 39.4 Å². The summed E-state index contributed by atoms with van der Waals surface area (Å²) >= 11 is 6.29. The molecule has 3 saturated heterocycles. The van der Waals surface area contributed by atoms with Crippen LogP contribution in [0.1, 0.15) is 49.9 Å². The molecule has 3 aliphatic heterocycles. The number of carbonyl (C=O) groups is 1. The minimum Gasteiger partial charge on any atom is -0.348 e. The average Bonchev–Trinajstić information content (AvgIpc) is 3.29. The van der Waals surface area contributed by atoms with E-state index in [0.717, 1.165) is 12.8 Å². The van der Waals surface area contributed by atoms with Gasteiger partial charge in [0.1, 0.15) is 0 Å². The predicted molar refractivity (Wildman–Crippen MR) is 134 cm³/mol. The second kappa shape index (κ2) is 10.1. The molecule has 1 amide bonds. The number of amides is 1. The Hall–Kier alpha value is -2.18. The average molecular weight is 573 g/mol. The number of sulfone groups is 1. The highest BCUT2D eigenvalue weighted by Crippen LogP contribution is 2.41. The van der Waals surface area contributed by atoms with E-state index in [1.807, 2.05) is 13.8 Å². The number of nitrogens with zero attached hydrogens (tertiary/aromatic N) is 1. The number of hydrogen-bond donors (Lipinski definition) is 1. The minimum absolute atomic E-state index is 0.0195. The molecule has 12 heteroatoms. The van der Waals surface area contributed by atoms with Crippen LogP contribution in [0.2, 0.25) is 5.02 Å². The predicted octanol–water partition coefficient (Wildman–Crippen LogP) is 4.93. The van der Waals surface area contributed by atoms with Crippen LogP contribution in [-0.4, -0.2) is 61.6 Å². The summed E-state index contributed by atoms with van der Waals surface area (Å²) in [6.07, 6.45) is 2.55. The van der Waals surface area contributed by atoms with Gasteiger partial charge in [-0.1, -0.05) is 11.6 Å². The SMILES string of the molecule is CC1(C)OC[C@H](CN2C3CC[C@H]2C[C@H](S(=O)(=O)c2cc(C(=O)Nc4cc(F)c(F)c(F)c4)ccc2Cl)C3)O1. The molecule has 38 heavy (non-hydrogen) atoms. The molecule has 0 aliphatic carbocycles. The molecule has 1 unspecified atom stereocenters. The van der Waals surface area contributed by atoms with Gasteiger partial charge in [0.25, 0.3) is 5.91 Å². The van der Waals surface area contributed by atoms with Gasteiger partial charge in [-0.2, -0.15) is 0 Å². The molecule has 0 radical (unpaired) electrons. The number of halogens is 4. The van der Waals surface area contributed by atoms with Crippen molar-refractivity contribution < 1.29 is 35.9 Å². The molecule has 2 bridgehead atoms. The molecule has 4 atom stereocenters. The van der Waals surface area contributed by atoms with Gasteiger partial charge in [0.15, 0.2) is 33.1 Å². The Labute approximate surface area is 224 Å². The van der Waals surface area contributed by atoms with Crippen LogP contribution in [0, 0.1) is 17.5 Å². The molecule has 7 nitrogen and oxygen atoms in total. The molecular weight excluding hydrogens is 545 g/mol. The van der Waals surface area contributed by atoms with Crippen molar-refractivity contribution in [1.82, 2.24) is 4.90 Å². The largest absolute Gasteiger partial charge is 0.348 e. The van der Waals surface area contributed by atoms with Gasteiger partial charge in [-0.05, 0) is 57.7 Å². The van der Waals surface area contributed by atoms with Crippen LogP contribution in [0.15, 0.2) is 35.2 Å². The molecule has 1 N–H and O–H groups in total. The fourth-order valence-electron chi connectivity index (χ4n) is 5.74. The first-order valence-electron chi connectivity index (χ1n) is 12.4. The van der Waals surface area contributed by atoms with Gasteiger partial charge < -0.3 is 14.8 Å². The Morgan fingerprint density at radius 2 is 1.74 bits per heavy atom. The van der Waals surface area contributed by atoms with Gasteiger partial charge in [-0.25, -0.2) is 21.6 Å². The molecule has 5 rings (SSSR count). The maximum absolute atomic E-state index is 13.7. The first-order valence-corrected chi connectivity index (χ1v) is 14.3. The van der Waals surface area contributed by atoms with E-state index in [1.165, 1.54) is 18.2 Å². The molecule has 2 aromatic carbocycles. The Kier molecular flexibility index (Phi) is 7.27. The summed E-state index contributed by atoms with van der Waals surface area (Å²) in [4.78, 5) is 14.9. The number of ether oxygens (including phenoxy) is 2. The summed E-state index contributed by atoms with van der Waals surface area (Å²) in [6.45, 7) is 4.91. The fraction of sp³-hybridized carbons (Fsp3) is 0.500. The summed E-state index contributed by atoms with van der Waals surface area (Å²) in [5.74, 6) is -6.03. The molecule has 206 valence electrons. The van der Waals surface area contributed by atoms with Gasteiger partial charge in [0, 0.05) is 42.0 Å². The lowest BCUT2D eigenvalue weighted by atomic mass is 10.0. The van der Waals surface area contributed by atoms with Gasteiger partial charge >= 0.3 is 0 Å². The van der Waals surface area contributed by atoms with E-state index in [2.05, 4.69) is 10.2 Å². The maximum atomic E-state index is 13.7. The van der Waals surface area contributed by atoms with E-state index < -0.39 is 44.2 Å². The van der Waals surface area contributed by atoms with Crippen molar-refractivity contribution in [2.45, 2.75) is 73.7 Å². The molecule has 3 heterocycles. The molecule has 3 aliphatic rings. The van der Waals surface area contributed by atoms with E-state index >= 15 is 0 Å². The second-order valence-corrected chi connectivity index (χ2v) is 13.1. The third-order valence-corrected chi connectivity index (χ3v) is 10.2. The Balaban J connectivity index is 1.32. The quantitative estimate of drug-likeness (QED) is 0.494. The first kappa shape index (κ1) is 27.4. The summed E-state index contributed by atoms with van der Waals surface area (Å²) in [7, 11) is -3.90. The lowest BCUT2D eigenvalue weighted by Crippen LogP contribution is -2.50. The van der Waals surface area contributed by atoms with Gasteiger partial charge in [-0.15, -0.1) is 0 Å². The van der Waals surface area contributed by atoms with Crippen LogP contribution in [-0.2, 0) is 19.3 Å². The number of fused-ring (bicyclic) bond motifs is 2. The smallest absolute Gasteiger partial charge is 0.255 e. The van der Waals surface area contributed by atoms with E-state index in [4.69, 9.17) is 21.1 Å². The molecule has 2 aromatic rings. The number of benzene rings is 2. The zero-order valence-corrected chi connectivity index (χ0v) is 22.4. The number of nitrogens with one attached hydrogen (secondary N) is 1. The van der Waals surface area contributed by atoms with Crippen LogP contribution < -0.4 is 5.32 Å². The first-order chi connectivity index (χ1) is 17.8. The number of anilines is 1. The zero-order valence-electron chi connectivity index (χ0n) is 20.8. The third-order valence-electron chi connectivity index (χ3n) is 7.50. The third kappa shape index (κ3) is 5.31. The van der Waals surface area contributed by atoms with Crippen molar-refractivity contribution in [1.29, 1.82) is 0 Å². The Bertz CT molecular complexity index is 1340. The Morgan fingerprint density at radius 1 is 1.11 bits per heavy atom. The highest BCUT2D eigenvalue weighted by Gasteiger charge is 2.47. The second-order valence-electron chi connectivity index (χ2n) is 10.5. The van der Waals surface area contributed by atoms with Crippen molar-refractivity contribution in [3.8, 4) is 0 Å². The minimum atomic E-state index is -3.90. The van der Waals surface area contributed by atoms with Crippen LogP contribution in [0.5, 0.6) is 0 Å². The molecule has 3 fully saturated rings. The fourth-order valence-corrected chi connectivity index (χ4v) is 8.12. The molecule has 0 saturated carbocycles. The van der Waals surface area contributed by atoms with Crippen molar-refractivity contribution in [3.63, 3.8) is 0 Å².